The van der Waals surface area contributed by atoms with Gasteiger partial charge < -0.3 is 14.6 Å². The van der Waals surface area contributed by atoms with Crippen LogP contribution < -0.4 is 9.47 Å². The maximum absolute atomic E-state index is 13.3. The summed E-state index contributed by atoms with van der Waals surface area (Å²) in [7, 11) is 0. The van der Waals surface area contributed by atoms with Crippen molar-refractivity contribution >= 4 is 5.97 Å². The molecule has 1 aromatic rings. The van der Waals surface area contributed by atoms with Crippen LogP contribution in [0.2, 0.25) is 0 Å². The first-order valence-electron chi connectivity index (χ1n) is 4.90. The predicted octanol–water partition coefficient (Wildman–Crippen LogP) is 2.15. The molecule has 2 rings (SSSR count). The molecular formula is C11H10F2O4. The molecule has 1 aliphatic heterocycles. The van der Waals surface area contributed by atoms with Gasteiger partial charge in [-0.25, -0.2) is 8.78 Å². The lowest BCUT2D eigenvalue weighted by molar-refractivity contribution is -0.136. The fraction of sp³-hybridized carbons (Fsp3) is 0.364. The number of hydrogen-bond donors (Lipinski definition) is 1. The Bertz CT molecular complexity index is 465. The Morgan fingerprint density at radius 2 is 2.00 bits per heavy atom. The third kappa shape index (κ3) is 2.30. The molecule has 1 aliphatic rings. The number of carboxylic acid groups (broad SMARTS) is 1. The van der Waals surface area contributed by atoms with E-state index in [1.165, 1.54) is 6.07 Å². The molecule has 0 fully saturated rings. The smallest absolute Gasteiger partial charge is 0.307 e. The lowest BCUT2D eigenvalue weighted by Crippen LogP contribution is -2.13. The lowest BCUT2D eigenvalue weighted by atomic mass is 9.99. The fourth-order valence-corrected chi connectivity index (χ4v) is 1.70. The minimum atomic E-state index is -3.12. The van der Waals surface area contributed by atoms with Gasteiger partial charge in [0.15, 0.2) is 11.5 Å². The number of ether oxygens (including phenoxy) is 2. The second-order valence-electron chi connectivity index (χ2n) is 3.82. The number of rotatable bonds is 3. The van der Waals surface area contributed by atoms with Gasteiger partial charge in [-0.05, 0) is 17.7 Å². The molecule has 0 unspecified atom stereocenters. The van der Waals surface area contributed by atoms with Gasteiger partial charge in [-0.15, -0.1) is 0 Å². The number of alkyl halides is 2. The maximum Gasteiger partial charge on any atom is 0.307 e. The quantitative estimate of drug-likeness (QED) is 0.885. The summed E-state index contributed by atoms with van der Waals surface area (Å²) in [6, 6.07) is 2.43. The Hall–Kier alpha value is -1.85. The second kappa shape index (κ2) is 3.87. The summed E-state index contributed by atoms with van der Waals surface area (Å²) in [4.78, 5) is 10.6. The zero-order valence-electron chi connectivity index (χ0n) is 9.00. The standard InChI is InChI=1S/C11H10F2O4/c1-11(12,13)7-4-9-8(16-5-17-9)2-6(7)3-10(14)15/h2,4H,3,5H2,1H3,(H,14,15). The summed E-state index contributed by atoms with van der Waals surface area (Å²) in [5.74, 6) is -3.77. The Labute approximate surface area is 95.8 Å². The average Bonchev–Trinajstić information content (AvgIpc) is 2.60. The average molecular weight is 244 g/mol. The molecule has 0 spiro atoms. The van der Waals surface area contributed by atoms with E-state index < -0.39 is 18.3 Å². The number of aliphatic carboxylic acids is 1. The molecule has 17 heavy (non-hydrogen) atoms. The third-order valence-corrected chi connectivity index (χ3v) is 2.41. The Kier molecular flexibility index (Phi) is 2.65. The molecule has 6 heteroatoms. The minimum absolute atomic E-state index is 0.0363. The first-order valence-corrected chi connectivity index (χ1v) is 4.90. The van der Waals surface area contributed by atoms with Crippen molar-refractivity contribution in [3.05, 3.63) is 23.3 Å². The van der Waals surface area contributed by atoms with E-state index in [2.05, 4.69) is 0 Å². The Morgan fingerprint density at radius 1 is 1.41 bits per heavy atom. The van der Waals surface area contributed by atoms with E-state index in [-0.39, 0.29) is 23.7 Å². The van der Waals surface area contributed by atoms with Gasteiger partial charge in [0.05, 0.1) is 6.42 Å². The summed E-state index contributed by atoms with van der Waals surface area (Å²) >= 11 is 0. The number of carbonyl (C=O) groups is 1. The van der Waals surface area contributed by atoms with E-state index in [1.54, 1.807) is 0 Å². The lowest BCUT2D eigenvalue weighted by Gasteiger charge is -2.15. The van der Waals surface area contributed by atoms with Gasteiger partial charge >= 0.3 is 5.97 Å². The normalized spacial score (nSPS) is 13.8. The molecule has 0 bridgehead atoms. The number of benzene rings is 1. The van der Waals surface area contributed by atoms with Gasteiger partial charge in [0.25, 0.3) is 5.92 Å². The van der Waals surface area contributed by atoms with E-state index in [9.17, 15) is 13.6 Å². The molecule has 1 aromatic carbocycles. The first kappa shape index (κ1) is 11.6. The van der Waals surface area contributed by atoms with Gasteiger partial charge in [-0.3, -0.25) is 4.79 Å². The van der Waals surface area contributed by atoms with Crippen molar-refractivity contribution in [1.29, 1.82) is 0 Å². The molecule has 4 nitrogen and oxygen atoms in total. The van der Waals surface area contributed by atoms with Gasteiger partial charge in [-0.2, -0.15) is 0 Å². The van der Waals surface area contributed by atoms with E-state index in [1.807, 2.05) is 0 Å². The van der Waals surface area contributed by atoms with Crippen molar-refractivity contribution in [3.8, 4) is 11.5 Å². The largest absolute Gasteiger partial charge is 0.481 e. The molecular weight excluding hydrogens is 234 g/mol. The molecule has 0 aliphatic carbocycles. The molecule has 0 radical (unpaired) electrons. The number of halogens is 2. The van der Waals surface area contributed by atoms with Crippen LogP contribution >= 0.6 is 0 Å². The number of hydrogen-bond acceptors (Lipinski definition) is 3. The van der Waals surface area contributed by atoms with Crippen LogP contribution in [-0.4, -0.2) is 17.9 Å². The Balaban J connectivity index is 2.51. The van der Waals surface area contributed by atoms with Crippen molar-refractivity contribution in [3.63, 3.8) is 0 Å². The summed E-state index contributed by atoms with van der Waals surface area (Å²) in [5.41, 5.74) is -0.307. The van der Waals surface area contributed by atoms with Crippen molar-refractivity contribution in [2.45, 2.75) is 19.3 Å². The molecule has 0 amide bonds. The van der Waals surface area contributed by atoms with E-state index in [0.29, 0.717) is 5.75 Å². The zero-order valence-corrected chi connectivity index (χ0v) is 9.00. The molecule has 92 valence electrons. The zero-order chi connectivity index (χ0) is 12.6. The maximum atomic E-state index is 13.3. The Morgan fingerprint density at radius 3 is 2.53 bits per heavy atom. The summed E-state index contributed by atoms with van der Waals surface area (Å²) in [6.07, 6.45) is -0.477. The van der Waals surface area contributed by atoms with Crippen LogP contribution in [0.15, 0.2) is 12.1 Å². The van der Waals surface area contributed by atoms with Gasteiger partial charge in [0, 0.05) is 12.5 Å². The fourth-order valence-electron chi connectivity index (χ4n) is 1.70. The van der Waals surface area contributed by atoms with Crippen molar-refractivity contribution < 1.29 is 28.2 Å². The van der Waals surface area contributed by atoms with Crippen LogP contribution in [0.1, 0.15) is 18.1 Å². The highest BCUT2D eigenvalue weighted by Crippen LogP contribution is 2.40. The van der Waals surface area contributed by atoms with Crippen molar-refractivity contribution in [2.75, 3.05) is 6.79 Å². The summed E-state index contributed by atoms with van der Waals surface area (Å²) in [5, 5.41) is 8.69. The predicted molar refractivity (Wildman–Crippen MR) is 53.5 cm³/mol. The van der Waals surface area contributed by atoms with Gasteiger partial charge in [0.2, 0.25) is 6.79 Å². The summed E-state index contributed by atoms with van der Waals surface area (Å²) in [6.45, 7) is 0.677. The topological polar surface area (TPSA) is 55.8 Å². The van der Waals surface area contributed by atoms with Crippen LogP contribution in [0, 0.1) is 0 Å². The number of fused-ring (bicyclic) bond motifs is 1. The van der Waals surface area contributed by atoms with Crippen LogP contribution in [0.4, 0.5) is 8.78 Å². The third-order valence-electron chi connectivity index (χ3n) is 2.41. The molecule has 0 atom stereocenters. The summed E-state index contributed by atoms with van der Waals surface area (Å²) < 4.78 is 36.7. The first-order chi connectivity index (χ1) is 7.88. The van der Waals surface area contributed by atoms with Crippen LogP contribution in [0.5, 0.6) is 11.5 Å². The molecule has 1 N–H and O–H groups in total. The highest BCUT2D eigenvalue weighted by atomic mass is 19.3. The highest BCUT2D eigenvalue weighted by molar-refractivity contribution is 5.71. The van der Waals surface area contributed by atoms with E-state index >= 15 is 0 Å². The molecule has 0 aromatic heterocycles. The van der Waals surface area contributed by atoms with Crippen LogP contribution in [0.25, 0.3) is 0 Å². The SMILES string of the molecule is CC(F)(F)c1cc2c(cc1CC(=O)O)OCO2. The molecule has 1 heterocycles. The molecule has 0 saturated carbocycles. The number of carboxylic acids is 1. The van der Waals surface area contributed by atoms with E-state index in [4.69, 9.17) is 14.6 Å². The van der Waals surface area contributed by atoms with Crippen molar-refractivity contribution in [1.82, 2.24) is 0 Å². The van der Waals surface area contributed by atoms with Crippen LogP contribution in [0.3, 0.4) is 0 Å². The monoisotopic (exact) mass is 244 g/mol. The minimum Gasteiger partial charge on any atom is -0.481 e. The van der Waals surface area contributed by atoms with Gasteiger partial charge in [0.1, 0.15) is 0 Å². The van der Waals surface area contributed by atoms with Crippen LogP contribution in [-0.2, 0) is 17.1 Å². The van der Waals surface area contributed by atoms with E-state index in [0.717, 1.165) is 13.0 Å². The van der Waals surface area contributed by atoms with Crippen molar-refractivity contribution in [2.24, 2.45) is 0 Å². The highest BCUT2D eigenvalue weighted by Gasteiger charge is 2.31. The van der Waals surface area contributed by atoms with Gasteiger partial charge in [-0.1, -0.05) is 0 Å². The second-order valence-corrected chi connectivity index (χ2v) is 3.82. The molecule has 0 saturated heterocycles.